The van der Waals surface area contributed by atoms with Crippen molar-refractivity contribution in [2.24, 2.45) is 11.8 Å². The Balaban J connectivity index is 1.70. The standard InChI is InChI=1S/C16H26N4O/c1-12(2)15-11-20(16(21)14-6-7-17-18-14)9-3-8-19(15)10-13-4-5-13/h6-7,12-13,15H,3-5,8-11H2,1-2H3,(H,17,18). The maximum atomic E-state index is 12.6. The summed E-state index contributed by atoms with van der Waals surface area (Å²) in [5.74, 6) is 1.56. The molecule has 3 rings (SSSR count). The Morgan fingerprint density at radius 3 is 2.86 bits per heavy atom. The Kier molecular flexibility index (Phi) is 4.29. The van der Waals surface area contributed by atoms with Crippen LogP contribution in [0.25, 0.3) is 0 Å². The summed E-state index contributed by atoms with van der Waals surface area (Å²) in [5, 5.41) is 6.69. The van der Waals surface area contributed by atoms with Gasteiger partial charge in [-0.05, 0) is 37.2 Å². The number of rotatable bonds is 4. The van der Waals surface area contributed by atoms with E-state index in [2.05, 4.69) is 28.9 Å². The van der Waals surface area contributed by atoms with Gasteiger partial charge >= 0.3 is 0 Å². The van der Waals surface area contributed by atoms with Gasteiger partial charge in [-0.25, -0.2) is 0 Å². The predicted octanol–water partition coefficient (Wildman–Crippen LogP) is 1.99. The average molecular weight is 290 g/mol. The van der Waals surface area contributed by atoms with E-state index < -0.39 is 0 Å². The van der Waals surface area contributed by atoms with Crippen LogP contribution in [0.15, 0.2) is 12.3 Å². The highest BCUT2D eigenvalue weighted by atomic mass is 16.2. The highest BCUT2D eigenvalue weighted by Gasteiger charge is 2.33. The Bertz CT molecular complexity index is 467. The molecule has 1 amide bonds. The fourth-order valence-corrected chi connectivity index (χ4v) is 3.28. The quantitative estimate of drug-likeness (QED) is 0.922. The molecule has 0 radical (unpaired) electrons. The fraction of sp³-hybridized carbons (Fsp3) is 0.750. The lowest BCUT2D eigenvalue weighted by Gasteiger charge is -2.34. The topological polar surface area (TPSA) is 52.2 Å². The van der Waals surface area contributed by atoms with Crippen LogP contribution in [0.5, 0.6) is 0 Å². The van der Waals surface area contributed by atoms with E-state index >= 15 is 0 Å². The van der Waals surface area contributed by atoms with Gasteiger partial charge in [-0.1, -0.05) is 13.8 Å². The van der Waals surface area contributed by atoms with E-state index in [1.807, 2.05) is 4.90 Å². The van der Waals surface area contributed by atoms with Gasteiger partial charge in [0.05, 0.1) is 0 Å². The van der Waals surface area contributed by atoms with Crippen LogP contribution < -0.4 is 0 Å². The third-order valence-corrected chi connectivity index (χ3v) is 4.73. The largest absolute Gasteiger partial charge is 0.336 e. The molecule has 1 N–H and O–H groups in total. The molecule has 116 valence electrons. The lowest BCUT2D eigenvalue weighted by Crippen LogP contribution is -2.46. The first-order valence-corrected chi connectivity index (χ1v) is 8.18. The Hall–Kier alpha value is -1.36. The molecular formula is C16H26N4O. The van der Waals surface area contributed by atoms with Gasteiger partial charge in [0, 0.05) is 38.4 Å². The number of hydrogen-bond acceptors (Lipinski definition) is 3. The first kappa shape index (κ1) is 14.6. The van der Waals surface area contributed by atoms with Crippen molar-refractivity contribution < 1.29 is 4.79 Å². The SMILES string of the molecule is CC(C)C1CN(C(=O)c2ccn[nH]2)CCCN1CC1CC1. The second kappa shape index (κ2) is 6.18. The minimum Gasteiger partial charge on any atom is -0.336 e. The summed E-state index contributed by atoms with van der Waals surface area (Å²) >= 11 is 0. The first-order chi connectivity index (χ1) is 10.1. The maximum Gasteiger partial charge on any atom is 0.271 e. The second-order valence-corrected chi connectivity index (χ2v) is 6.82. The number of nitrogens with one attached hydrogen (secondary N) is 1. The lowest BCUT2D eigenvalue weighted by molar-refractivity contribution is 0.0698. The van der Waals surface area contributed by atoms with E-state index in [-0.39, 0.29) is 5.91 Å². The van der Waals surface area contributed by atoms with Gasteiger partial charge in [0.2, 0.25) is 0 Å². The Labute approximate surface area is 126 Å². The lowest BCUT2D eigenvalue weighted by atomic mass is 10.0. The van der Waals surface area contributed by atoms with Crippen LogP contribution in [0, 0.1) is 11.8 Å². The van der Waals surface area contributed by atoms with Crippen molar-refractivity contribution in [2.45, 2.75) is 39.2 Å². The summed E-state index contributed by atoms with van der Waals surface area (Å²) in [7, 11) is 0. The summed E-state index contributed by atoms with van der Waals surface area (Å²) in [6.45, 7) is 8.56. The van der Waals surface area contributed by atoms with Crippen molar-refractivity contribution >= 4 is 5.91 Å². The number of H-pyrrole nitrogens is 1. The predicted molar refractivity (Wildman–Crippen MR) is 82.0 cm³/mol. The van der Waals surface area contributed by atoms with E-state index in [9.17, 15) is 4.79 Å². The van der Waals surface area contributed by atoms with Crippen LogP contribution in [0.1, 0.15) is 43.6 Å². The smallest absolute Gasteiger partial charge is 0.271 e. The summed E-state index contributed by atoms with van der Waals surface area (Å²) in [5.41, 5.74) is 0.605. The summed E-state index contributed by atoms with van der Waals surface area (Å²) in [6, 6.07) is 2.24. The van der Waals surface area contributed by atoms with Crippen molar-refractivity contribution in [3.8, 4) is 0 Å². The fourth-order valence-electron chi connectivity index (χ4n) is 3.28. The highest BCUT2D eigenvalue weighted by molar-refractivity contribution is 5.92. The zero-order valence-electron chi connectivity index (χ0n) is 13.1. The number of aromatic amines is 1. The third-order valence-electron chi connectivity index (χ3n) is 4.73. The molecule has 2 aliphatic rings. The monoisotopic (exact) mass is 290 g/mol. The molecule has 1 aromatic heterocycles. The molecule has 1 saturated carbocycles. The normalized spacial score (nSPS) is 24.3. The van der Waals surface area contributed by atoms with E-state index in [1.165, 1.54) is 19.4 Å². The van der Waals surface area contributed by atoms with Gasteiger partial charge in [0.25, 0.3) is 5.91 Å². The first-order valence-electron chi connectivity index (χ1n) is 8.18. The molecule has 0 aromatic carbocycles. The van der Waals surface area contributed by atoms with Crippen molar-refractivity contribution in [3.05, 3.63) is 18.0 Å². The molecule has 2 heterocycles. The van der Waals surface area contributed by atoms with Crippen LogP contribution in [-0.4, -0.2) is 58.1 Å². The van der Waals surface area contributed by atoms with E-state index in [1.54, 1.807) is 12.3 Å². The summed E-state index contributed by atoms with van der Waals surface area (Å²) in [6.07, 6.45) is 5.48. The van der Waals surface area contributed by atoms with Crippen LogP contribution in [0.4, 0.5) is 0 Å². The van der Waals surface area contributed by atoms with Gasteiger partial charge in [-0.2, -0.15) is 5.10 Å². The van der Waals surface area contributed by atoms with Crippen molar-refractivity contribution in [1.82, 2.24) is 20.0 Å². The third kappa shape index (κ3) is 3.46. The average Bonchev–Trinajstić information content (AvgIpc) is 3.16. The molecule has 1 aromatic rings. The molecule has 21 heavy (non-hydrogen) atoms. The zero-order valence-corrected chi connectivity index (χ0v) is 13.1. The van der Waals surface area contributed by atoms with Crippen LogP contribution in [0.3, 0.4) is 0 Å². The number of carbonyl (C=O) groups is 1. The van der Waals surface area contributed by atoms with Gasteiger partial charge in [-0.3, -0.25) is 14.8 Å². The Morgan fingerprint density at radius 2 is 2.24 bits per heavy atom. The van der Waals surface area contributed by atoms with E-state index in [4.69, 9.17) is 0 Å². The van der Waals surface area contributed by atoms with E-state index in [0.717, 1.165) is 32.0 Å². The van der Waals surface area contributed by atoms with Crippen molar-refractivity contribution in [1.29, 1.82) is 0 Å². The number of carbonyl (C=O) groups excluding carboxylic acids is 1. The molecule has 1 unspecified atom stereocenters. The number of nitrogens with zero attached hydrogens (tertiary/aromatic N) is 3. The maximum absolute atomic E-state index is 12.6. The number of aromatic nitrogens is 2. The molecule has 1 aliphatic heterocycles. The second-order valence-electron chi connectivity index (χ2n) is 6.82. The van der Waals surface area contributed by atoms with Crippen LogP contribution >= 0.6 is 0 Å². The molecule has 5 heteroatoms. The molecule has 1 aliphatic carbocycles. The minimum atomic E-state index is 0.0893. The van der Waals surface area contributed by atoms with E-state index in [0.29, 0.717) is 17.7 Å². The van der Waals surface area contributed by atoms with Gasteiger partial charge in [-0.15, -0.1) is 0 Å². The van der Waals surface area contributed by atoms with Crippen molar-refractivity contribution in [3.63, 3.8) is 0 Å². The Morgan fingerprint density at radius 1 is 1.43 bits per heavy atom. The molecular weight excluding hydrogens is 264 g/mol. The van der Waals surface area contributed by atoms with Gasteiger partial charge in [0.15, 0.2) is 0 Å². The van der Waals surface area contributed by atoms with Crippen LogP contribution in [-0.2, 0) is 0 Å². The number of amides is 1. The molecule has 1 saturated heterocycles. The van der Waals surface area contributed by atoms with Gasteiger partial charge < -0.3 is 4.90 Å². The minimum absolute atomic E-state index is 0.0893. The summed E-state index contributed by atoms with van der Waals surface area (Å²) < 4.78 is 0. The molecule has 5 nitrogen and oxygen atoms in total. The van der Waals surface area contributed by atoms with Crippen LogP contribution in [0.2, 0.25) is 0 Å². The molecule has 1 atom stereocenters. The highest BCUT2D eigenvalue weighted by Crippen LogP contribution is 2.32. The zero-order chi connectivity index (χ0) is 14.8. The molecule has 2 fully saturated rings. The summed E-state index contributed by atoms with van der Waals surface area (Å²) in [4.78, 5) is 17.2. The number of hydrogen-bond donors (Lipinski definition) is 1. The van der Waals surface area contributed by atoms with Gasteiger partial charge in [0.1, 0.15) is 5.69 Å². The van der Waals surface area contributed by atoms with Crippen molar-refractivity contribution in [2.75, 3.05) is 26.2 Å². The molecule has 0 spiro atoms. The molecule has 0 bridgehead atoms.